The first kappa shape index (κ1) is 16.9. The standard InChI is InChI=1S/C14H22N4O3/c1-9(14(2,3)4)8-16-13(19)10-6-5-7-11(17-15)12(10)18(20)21/h5-7,9,17H,8,15H2,1-4H3,(H,16,19). The maximum absolute atomic E-state index is 12.2. The van der Waals surface area contributed by atoms with E-state index >= 15 is 0 Å². The molecule has 0 heterocycles. The summed E-state index contributed by atoms with van der Waals surface area (Å²) >= 11 is 0. The smallest absolute Gasteiger partial charge is 0.306 e. The van der Waals surface area contributed by atoms with Crippen LogP contribution in [-0.2, 0) is 0 Å². The van der Waals surface area contributed by atoms with Gasteiger partial charge >= 0.3 is 5.69 Å². The molecule has 7 nitrogen and oxygen atoms in total. The van der Waals surface area contributed by atoms with Crippen LogP contribution in [0.1, 0.15) is 38.1 Å². The Hall–Kier alpha value is -2.15. The van der Waals surface area contributed by atoms with Gasteiger partial charge in [-0.1, -0.05) is 33.8 Å². The van der Waals surface area contributed by atoms with Crippen molar-refractivity contribution in [3.63, 3.8) is 0 Å². The Morgan fingerprint density at radius 2 is 2.05 bits per heavy atom. The number of benzene rings is 1. The number of nitro benzene ring substituents is 1. The van der Waals surface area contributed by atoms with Crippen LogP contribution in [0.4, 0.5) is 11.4 Å². The number of nitro groups is 1. The molecule has 1 atom stereocenters. The maximum Gasteiger partial charge on any atom is 0.306 e. The molecule has 0 aliphatic carbocycles. The van der Waals surface area contributed by atoms with Crippen LogP contribution in [0.2, 0.25) is 0 Å². The monoisotopic (exact) mass is 294 g/mol. The van der Waals surface area contributed by atoms with Crippen LogP contribution < -0.4 is 16.6 Å². The largest absolute Gasteiger partial charge is 0.352 e. The van der Waals surface area contributed by atoms with E-state index in [0.717, 1.165) is 0 Å². The molecule has 21 heavy (non-hydrogen) atoms. The van der Waals surface area contributed by atoms with E-state index in [-0.39, 0.29) is 28.3 Å². The number of nitrogens with one attached hydrogen (secondary N) is 2. The quantitative estimate of drug-likeness (QED) is 0.438. The average Bonchev–Trinajstić information content (AvgIpc) is 2.42. The molecule has 0 bridgehead atoms. The highest BCUT2D eigenvalue weighted by Crippen LogP contribution is 2.28. The van der Waals surface area contributed by atoms with Crippen molar-refractivity contribution in [2.24, 2.45) is 17.2 Å². The van der Waals surface area contributed by atoms with Gasteiger partial charge in [0, 0.05) is 6.54 Å². The number of rotatable bonds is 5. The number of nitrogens with two attached hydrogens (primary N) is 1. The maximum atomic E-state index is 12.2. The molecule has 0 fully saturated rings. The second-order valence-electron chi connectivity index (χ2n) is 6.08. The van der Waals surface area contributed by atoms with Crippen molar-refractivity contribution < 1.29 is 9.72 Å². The SMILES string of the molecule is CC(CNC(=O)c1cccc(NN)c1[N+](=O)[O-])C(C)(C)C. The predicted molar refractivity (Wildman–Crippen MR) is 81.9 cm³/mol. The molecule has 0 spiro atoms. The van der Waals surface area contributed by atoms with E-state index in [1.165, 1.54) is 12.1 Å². The number of carbonyl (C=O) groups is 1. The van der Waals surface area contributed by atoms with Gasteiger partial charge in [0.1, 0.15) is 11.3 Å². The second kappa shape index (κ2) is 6.53. The molecule has 116 valence electrons. The molecule has 0 saturated heterocycles. The first-order valence-corrected chi connectivity index (χ1v) is 6.70. The van der Waals surface area contributed by atoms with E-state index in [2.05, 4.69) is 31.5 Å². The van der Waals surface area contributed by atoms with E-state index in [4.69, 9.17) is 5.84 Å². The fourth-order valence-electron chi connectivity index (χ4n) is 1.69. The summed E-state index contributed by atoms with van der Waals surface area (Å²) in [5, 5.41) is 13.9. The van der Waals surface area contributed by atoms with E-state index in [1.54, 1.807) is 6.07 Å². The third-order valence-electron chi connectivity index (χ3n) is 3.67. The van der Waals surface area contributed by atoms with Gasteiger partial charge in [-0.15, -0.1) is 0 Å². The third-order valence-corrected chi connectivity index (χ3v) is 3.67. The van der Waals surface area contributed by atoms with Crippen molar-refractivity contribution in [1.82, 2.24) is 5.32 Å². The third kappa shape index (κ3) is 4.16. The Bertz CT molecular complexity index is 538. The Labute approximate surface area is 124 Å². The number of anilines is 1. The Morgan fingerprint density at radius 1 is 1.43 bits per heavy atom. The van der Waals surface area contributed by atoms with Crippen LogP contribution in [0.25, 0.3) is 0 Å². The molecule has 0 radical (unpaired) electrons. The molecular formula is C14H22N4O3. The molecule has 1 unspecified atom stereocenters. The summed E-state index contributed by atoms with van der Waals surface area (Å²) in [7, 11) is 0. The summed E-state index contributed by atoms with van der Waals surface area (Å²) in [6, 6.07) is 4.41. The number of para-hydroxylation sites is 1. The van der Waals surface area contributed by atoms with Crippen molar-refractivity contribution in [3.8, 4) is 0 Å². The van der Waals surface area contributed by atoms with Crippen LogP contribution in [0.5, 0.6) is 0 Å². The number of hydrazine groups is 1. The zero-order valence-corrected chi connectivity index (χ0v) is 12.8. The van der Waals surface area contributed by atoms with Gasteiger partial charge in [0.15, 0.2) is 0 Å². The van der Waals surface area contributed by atoms with Gasteiger partial charge in [0.05, 0.1) is 4.92 Å². The lowest BCUT2D eigenvalue weighted by atomic mass is 9.82. The van der Waals surface area contributed by atoms with Gasteiger partial charge in [-0.3, -0.25) is 20.8 Å². The fourth-order valence-corrected chi connectivity index (χ4v) is 1.69. The van der Waals surface area contributed by atoms with Crippen molar-refractivity contribution in [2.45, 2.75) is 27.7 Å². The normalized spacial score (nSPS) is 12.6. The minimum Gasteiger partial charge on any atom is -0.352 e. The first-order chi connectivity index (χ1) is 9.68. The molecule has 0 aromatic heterocycles. The Balaban J connectivity index is 2.96. The van der Waals surface area contributed by atoms with Gasteiger partial charge in [-0.25, -0.2) is 0 Å². The number of amides is 1. The summed E-state index contributed by atoms with van der Waals surface area (Å²) < 4.78 is 0. The van der Waals surface area contributed by atoms with Crippen molar-refractivity contribution in [2.75, 3.05) is 12.0 Å². The minimum absolute atomic E-state index is 0.00319. The van der Waals surface area contributed by atoms with Crippen molar-refractivity contribution in [1.29, 1.82) is 0 Å². The first-order valence-electron chi connectivity index (χ1n) is 6.70. The molecule has 1 aromatic rings. The van der Waals surface area contributed by atoms with Crippen molar-refractivity contribution in [3.05, 3.63) is 33.9 Å². The van der Waals surface area contributed by atoms with Crippen LogP contribution in [0.15, 0.2) is 18.2 Å². The van der Waals surface area contributed by atoms with Gasteiger partial charge in [-0.05, 0) is 23.5 Å². The summed E-state index contributed by atoms with van der Waals surface area (Å²) in [6.07, 6.45) is 0. The summed E-state index contributed by atoms with van der Waals surface area (Å²) in [5.74, 6) is 5.01. The number of carbonyl (C=O) groups excluding carboxylic acids is 1. The number of hydrogen-bond acceptors (Lipinski definition) is 5. The summed E-state index contributed by atoms with van der Waals surface area (Å²) in [5.41, 5.74) is 2.07. The van der Waals surface area contributed by atoms with Gasteiger partial charge in [0.2, 0.25) is 0 Å². The molecule has 4 N–H and O–H groups in total. The number of hydrogen-bond donors (Lipinski definition) is 3. The summed E-state index contributed by atoms with van der Waals surface area (Å²) in [6.45, 7) is 8.69. The highest BCUT2D eigenvalue weighted by atomic mass is 16.6. The molecule has 0 aliphatic rings. The lowest BCUT2D eigenvalue weighted by molar-refractivity contribution is -0.384. The van der Waals surface area contributed by atoms with Crippen LogP contribution in [0, 0.1) is 21.4 Å². The molecule has 1 aromatic carbocycles. The predicted octanol–water partition coefficient (Wildman–Crippen LogP) is 2.29. The molecule has 1 amide bonds. The van der Waals surface area contributed by atoms with E-state index in [9.17, 15) is 14.9 Å². The van der Waals surface area contributed by atoms with E-state index < -0.39 is 10.8 Å². The van der Waals surface area contributed by atoms with Gasteiger partial charge in [0.25, 0.3) is 5.91 Å². The van der Waals surface area contributed by atoms with Crippen molar-refractivity contribution >= 4 is 17.3 Å². The van der Waals surface area contributed by atoms with Gasteiger partial charge < -0.3 is 10.7 Å². The number of nitrogens with zero attached hydrogens (tertiary/aromatic N) is 1. The molecule has 0 aliphatic heterocycles. The van der Waals surface area contributed by atoms with E-state index in [0.29, 0.717) is 6.54 Å². The average molecular weight is 294 g/mol. The molecule has 7 heteroatoms. The van der Waals surface area contributed by atoms with Gasteiger partial charge in [-0.2, -0.15) is 0 Å². The van der Waals surface area contributed by atoms with Crippen LogP contribution in [0.3, 0.4) is 0 Å². The van der Waals surface area contributed by atoms with Crippen LogP contribution in [-0.4, -0.2) is 17.4 Å². The highest BCUT2D eigenvalue weighted by Gasteiger charge is 2.26. The van der Waals surface area contributed by atoms with E-state index in [1.807, 2.05) is 6.92 Å². The fraction of sp³-hybridized carbons (Fsp3) is 0.500. The summed E-state index contributed by atoms with van der Waals surface area (Å²) in [4.78, 5) is 22.7. The Morgan fingerprint density at radius 3 is 2.52 bits per heavy atom. The zero-order chi connectivity index (χ0) is 16.2. The highest BCUT2D eigenvalue weighted by molar-refractivity contribution is 6.00. The number of nitrogen functional groups attached to an aromatic ring is 1. The zero-order valence-electron chi connectivity index (χ0n) is 12.8. The lowest BCUT2D eigenvalue weighted by Gasteiger charge is -2.27. The second-order valence-corrected chi connectivity index (χ2v) is 6.08. The molecule has 1 rings (SSSR count). The lowest BCUT2D eigenvalue weighted by Crippen LogP contribution is -2.34. The topological polar surface area (TPSA) is 110 Å². The molecular weight excluding hydrogens is 272 g/mol. The Kier molecular flexibility index (Phi) is 5.26. The molecule has 0 saturated carbocycles. The van der Waals surface area contributed by atoms with Crippen LogP contribution >= 0.6 is 0 Å². The minimum atomic E-state index is -0.614.